The molecule has 0 aliphatic heterocycles. The van der Waals surface area contributed by atoms with E-state index < -0.39 is 11.9 Å². The van der Waals surface area contributed by atoms with Crippen LogP contribution < -0.4 is 9.47 Å². The summed E-state index contributed by atoms with van der Waals surface area (Å²) in [5, 5.41) is 0. The molecule has 0 saturated heterocycles. The van der Waals surface area contributed by atoms with E-state index in [4.69, 9.17) is 18.9 Å². The minimum absolute atomic E-state index is 0.0284. The fourth-order valence-corrected chi connectivity index (χ4v) is 2.18. The van der Waals surface area contributed by atoms with Crippen molar-refractivity contribution in [3.63, 3.8) is 0 Å². The van der Waals surface area contributed by atoms with Crippen molar-refractivity contribution in [3.8, 4) is 11.5 Å². The minimum Gasteiger partial charge on any atom is -0.497 e. The molecule has 142 valence electrons. The summed E-state index contributed by atoms with van der Waals surface area (Å²) in [7, 11) is 2.86. The van der Waals surface area contributed by atoms with Crippen LogP contribution in [0.5, 0.6) is 11.5 Å². The number of carbonyl (C=O) groups excluding carboxylic acids is 2. The van der Waals surface area contributed by atoms with Gasteiger partial charge in [-0.3, -0.25) is 0 Å². The number of ether oxygens (including phenoxy) is 4. The summed E-state index contributed by atoms with van der Waals surface area (Å²) >= 11 is 0. The first kappa shape index (κ1) is 21.3. The number of hydrogen-bond acceptors (Lipinski definition) is 6. The smallest absolute Gasteiger partial charge is 0.342 e. The molecule has 0 N–H and O–H groups in total. The molecule has 1 rings (SSSR count). The molecule has 0 atom stereocenters. The topological polar surface area (TPSA) is 71.1 Å². The zero-order chi connectivity index (χ0) is 19.4. The van der Waals surface area contributed by atoms with Crippen molar-refractivity contribution < 1.29 is 28.5 Å². The summed E-state index contributed by atoms with van der Waals surface area (Å²) in [6, 6.07) is 2.97. The van der Waals surface area contributed by atoms with Gasteiger partial charge in [-0.15, -0.1) is 13.2 Å². The maximum absolute atomic E-state index is 12.5. The first-order chi connectivity index (χ1) is 12.6. The van der Waals surface area contributed by atoms with Crippen molar-refractivity contribution in [2.24, 2.45) is 0 Å². The number of allylic oxidation sites excluding steroid dienone is 2. The molecule has 0 unspecified atom stereocenters. The Hall–Kier alpha value is -2.76. The maximum atomic E-state index is 12.5. The summed E-state index contributed by atoms with van der Waals surface area (Å²) in [4.78, 5) is 25.0. The summed E-state index contributed by atoms with van der Waals surface area (Å²) in [6.07, 6.45) is 6.24. The Morgan fingerprint density at radius 2 is 1.50 bits per heavy atom. The van der Waals surface area contributed by atoms with Crippen LogP contribution in [0.1, 0.15) is 46.4 Å². The van der Waals surface area contributed by atoms with E-state index in [0.29, 0.717) is 18.6 Å². The first-order valence-corrected chi connectivity index (χ1v) is 8.41. The van der Waals surface area contributed by atoms with Gasteiger partial charge in [-0.05, 0) is 31.7 Å². The molecule has 0 aliphatic rings. The van der Waals surface area contributed by atoms with Crippen LogP contribution in [0.2, 0.25) is 0 Å². The molecule has 0 saturated carbocycles. The van der Waals surface area contributed by atoms with E-state index in [9.17, 15) is 9.59 Å². The van der Waals surface area contributed by atoms with Gasteiger partial charge in [0.15, 0.2) is 0 Å². The molecule has 0 heterocycles. The second-order valence-electron chi connectivity index (χ2n) is 5.39. The van der Waals surface area contributed by atoms with Crippen LogP contribution in [0.4, 0.5) is 0 Å². The van der Waals surface area contributed by atoms with E-state index >= 15 is 0 Å². The minimum atomic E-state index is -0.647. The van der Waals surface area contributed by atoms with Gasteiger partial charge in [0.25, 0.3) is 0 Å². The normalized spacial score (nSPS) is 9.92. The molecule has 1 aromatic rings. The monoisotopic (exact) mass is 362 g/mol. The Morgan fingerprint density at radius 3 is 2.00 bits per heavy atom. The van der Waals surface area contributed by atoms with Crippen molar-refractivity contribution in [3.05, 3.63) is 48.6 Å². The number of hydrogen-bond donors (Lipinski definition) is 0. The number of methoxy groups -OCH3 is 2. The van der Waals surface area contributed by atoms with Crippen molar-refractivity contribution >= 4 is 11.9 Å². The van der Waals surface area contributed by atoms with Crippen LogP contribution in [-0.4, -0.2) is 39.4 Å². The highest BCUT2D eigenvalue weighted by Gasteiger charge is 2.26. The van der Waals surface area contributed by atoms with Crippen LogP contribution in [0.25, 0.3) is 0 Å². The molecule has 0 fully saturated rings. The molecule has 0 aliphatic carbocycles. The predicted molar refractivity (Wildman–Crippen MR) is 99.0 cm³/mol. The van der Waals surface area contributed by atoms with Gasteiger partial charge in [-0.2, -0.15) is 0 Å². The Morgan fingerprint density at radius 1 is 0.923 bits per heavy atom. The highest BCUT2D eigenvalue weighted by molar-refractivity contribution is 6.05. The van der Waals surface area contributed by atoms with Crippen LogP contribution in [0.15, 0.2) is 37.4 Å². The number of unbranched alkanes of at least 4 members (excludes halogenated alkanes) is 2. The Balaban J connectivity index is 3.07. The number of esters is 2. The van der Waals surface area contributed by atoms with Crippen molar-refractivity contribution in [1.29, 1.82) is 0 Å². The molecule has 0 amide bonds. The molecule has 0 aromatic heterocycles. The lowest BCUT2D eigenvalue weighted by molar-refractivity contribution is 0.0450. The van der Waals surface area contributed by atoms with Gasteiger partial charge in [0.1, 0.15) is 17.1 Å². The molecule has 0 bridgehead atoms. The van der Waals surface area contributed by atoms with Crippen molar-refractivity contribution in [2.45, 2.75) is 25.7 Å². The third-order valence-electron chi connectivity index (χ3n) is 3.53. The van der Waals surface area contributed by atoms with E-state index in [2.05, 4.69) is 13.2 Å². The third-order valence-corrected chi connectivity index (χ3v) is 3.53. The Kier molecular flexibility index (Phi) is 9.61. The summed E-state index contributed by atoms with van der Waals surface area (Å²) in [6.45, 7) is 7.67. The van der Waals surface area contributed by atoms with Gasteiger partial charge in [0.05, 0.1) is 33.0 Å². The zero-order valence-electron chi connectivity index (χ0n) is 15.4. The maximum Gasteiger partial charge on any atom is 0.342 e. The Bertz CT molecular complexity index is 635. The number of rotatable bonds is 12. The van der Waals surface area contributed by atoms with E-state index in [-0.39, 0.29) is 30.1 Å². The van der Waals surface area contributed by atoms with Gasteiger partial charge < -0.3 is 18.9 Å². The van der Waals surface area contributed by atoms with Crippen molar-refractivity contribution in [2.75, 3.05) is 27.4 Å². The first-order valence-electron chi connectivity index (χ1n) is 8.41. The second-order valence-corrected chi connectivity index (χ2v) is 5.39. The van der Waals surface area contributed by atoms with Gasteiger partial charge in [-0.1, -0.05) is 12.2 Å². The zero-order valence-corrected chi connectivity index (χ0v) is 15.4. The summed E-state index contributed by atoms with van der Waals surface area (Å²) in [5.74, 6) is -0.713. The highest BCUT2D eigenvalue weighted by Crippen LogP contribution is 2.30. The van der Waals surface area contributed by atoms with Crippen LogP contribution in [-0.2, 0) is 9.47 Å². The van der Waals surface area contributed by atoms with E-state index in [1.807, 2.05) is 0 Å². The average Bonchev–Trinajstić information content (AvgIpc) is 2.67. The third kappa shape index (κ3) is 6.27. The van der Waals surface area contributed by atoms with Crippen LogP contribution in [0.3, 0.4) is 0 Å². The van der Waals surface area contributed by atoms with Crippen molar-refractivity contribution in [1.82, 2.24) is 0 Å². The lowest BCUT2D eigenvalue weighted by Gasteiger charge is -2.15. The molecular formula is C20H26O6. The highest BCUT2D eigenvalue weighted by atomic mass is 16.5. The largest absolute Gasteiger partial charge is 0.497 e. The molecule has 0 radical (unpaired) electrons. The average molecular weight is 362 g/mol. The van der Waals surface area contributed by atoms with Gasteiger partial charge >= 0.3 is 11.9 Å². The Labute approximate surface area is 154 Å². The van der Waals surface area contributed by atoms with E-state index in [1.54, 1.807) is 12.2 Å². The SMILES string of the molecule is C=CCCCOC(=O)c1cc(OC)cc(OC)c1C(=O)OCCCC=C. The molecule has 6 nitrogen and oxygen atoms in total. The fraction of sp³-hybridized carbons (Fsp3) is 0.400. The molecule has 1 aromatic carbocycles. The lowest BCUT2D eigenvalue weighted by Crippen LogP contribution is -2.16. The van der Waals surface area contributed by atoms with Crippen LogP contribution >= 0.6 is 0 Å². The number of carbonyl (C=O) groups is 2. The fourth-order valence-electron chi connectivity index (χ4n) is 2.18. The second kappa shape index (κ2) is 11.7. The standard InChI is InChI=1S/C20H26O6/c1-5-7-9-11-25-19(21)16-13-15(23-3)14-17(24-4)18(16)20(22)26-12-10-8-6-2/h5-6,13-14H,1-2,7-12H2,3-4H3. The molecule has 26 heavy (non-hydrogen) atoms. The molecule has 6 heteroatoms. The van der Waals surface area contributed by atoms with E-state index in [1.165, 1.54) is 26.4 Å². The van der Waals surface area contributed by atoms with Gasteiger partial charge in [0.2, 0.25) is 0 Å². The molecule has 0 spiro atoms. The summed E-state index contributed by atoms with van der Waals surface area (Å²) < 4.78 is 20.9. The quantitative estimate of drug-likeness (QED) is 0.318. The number of benzene rings is 1. The van der Waals surface area contributed by atoms with Gasteiger partial charge in [0, 0.05) is 6.07 Å². The lowest BCUT2D eigenvalue weighted by atomic mass is 10.1. The van der Waals surface area contributed by atoms with Gasteiger partial charge in [-0.25, -0.2) is 9.59 Å². The summed E-state index contributed by atoms with van der Waals surface area (Å²) in [5.41, 5.74) is 0.0779. The predicted octanol–water partition coefficient (Wildman–Crippen LogP) is 3.95. The van der Waals surface area contributed by atoms with Crippen LogP contribution in [0, 0.1) is 0 Å². The molecular weight excluding hydrogens is 336 g/mol. The van der Waals surface area contributed by atoms with E-state index in [0.717, 1.165) is 12.8 Å².